The van der Waals surface area contributed by atoms with Gasteiger partial charge >= 0.3 is 0 Å². The van der Waals surface area contributed by atoms with Gasteiger partial charge in [-0.15, -0.1) is 5.10 Å². The number of nitrogens with one attached hydrogen (secondary N) is 1. The van der Waals surface area contributed by atoms with Crippen molar-refractivity contribution in [3.63, 3.8) is 0 Å². The molecule has 1 N–H and O–H groups in total. The largest absolute Gasteiger partial charge is 0.258 e. The molecular formula is C13H9ClFN5S2. The third-order valence-corrected chi connectivity index (χ3v) is 4.12. The normalized spacial score (nSPS) is 10.9. The van der Waals surface area contributed by atoms with Crippen LogP contribution in [0.1, 0.15) is 0 Å². The summed E-state index contributed by atoms with van der Waals surface area (Å²) in [4.78, 5) is 12.7. The van der Waals surface area contributed by atoms with Crippen LogP contribution < -0.4 is 0 Å². The van der Waals surface area contributed by atoms with Crippen molar-refractivity contribution in [1.29, 1.82) is 0 Å². The maximum atomic E-state index is 13.2. The number of aromatic amines is 1. The fourth-order valence-corrected chi connectivity index (χ4v) is 3.12. The van der Waals surface area contributed by atoms with E-state index in [9.17, 15) is 4.39 Å². The Morgan fingerprint density at radius 1 is 1.14 bits per heavy atom. The molecule has 22 heavy (non-hydrogen) atoms. The first kappa shape index (κ1) is 15.3. The topological polar surface area (TPSA) is 67.3 Å². The summed E-state index contributed by atoms with van der Waals surface area (Å²) in [7, 11) is 0. The number of benzene rings is 1. The number of H-pyrrole nitrogens is 1. The summed E-state index contributed by atoms with van der Waals surface area (Å²) < 4.78 is 13.2. The lowest BCUT2D eigenvalue weighted by atomic mass is 10.2. The molecular weight excluding hydrogens is 345 g/mol. The molecule has 0 aliphatic carbocycles. The summed E-state index contributed by atoms with van der Waals surface area (Å²) in [5.74, 6) is 0.169. The number of halogens is 2. The number of hydrogen-bond donors (Lipinski definition) is 1. The fourth-order valence-electron chi connectivity index (χ4n) is 1.67. The van der Waals surface area contributed by atoms with Crippen molar-refractivity contribution in [2.75, 3.05) is 6.26 Å². The molecule has 3 rings (SSSR count). The smallest absolute Gasteiger partial charge is 0.215 e. The number of thioether (sulfide) groups is 1. The van der Waals surface area contributed by atoms with Crippen LogP contribution in [0.5, 0.6) is 0 Å². The number of nitrogens with zero attached hydrogens (tertiary/aromatic N) is 4. The van der Waals surface area contributed by atoms with Gasteiger partial charge in [0, 0.05) is 11.6 Å². The first-order valence-electron chi connectivity index (χ1n) is 6.09. The minimum absolute atomic E-state index is 0.324. The Kier molecular flexibility index (Phi) is 4.60. The molecule has 0 aliphatic heterocycles. The maximum absolute atomic E-state index is 13.2. The van der Waals surface area contributed by atoms with Crippen LogP contribution in [0, 0.1) is 5.82 Å². The Morgan fingerprint density at radius 2 is 2.00 bits per heavy atom. The van der Waals surface area contributed by atoms with Crippen LogP contribution in [0.2, 0.25) is 5.15 Å². The van der Waals surface area contributed by atoms with Crippen LogP contribution >= 0.6 is 35.1 Å². The lowest BCUT2D eigenvalue weighted by molar-refractivity contribution is 0.628. The summed E-state index contributed by atoms with van der Waals surface area (Å²) >= 11 is 8.60. The second-order valence-corrected chi connectivity index (χ2v) is 6.24. The molecule has 0 amide bonds. The van der Waals surface area contributed by atoms with Crippen LogP contribution in [-0.2, 0) is 0 Å². The third-order valence-electron chi connectivity index (χ3n) is 2.59. The number of hydrogen-bond acceptors (Lipinski definition) is 6. The van der Waals surface area contributed by atoms with E-state index in [4.69, 9.17) is 11.6 Å². The van der Waals surface area contributed by atoms with E-state index in [-0.39, 0.29) is 5.82 Å². The SMILES string of the molecule is CSc1nc(Cl)cc(Sc2n[nH]c(-c3cccc(F)c3)n2)n1. The molecule has 2 aromatic heterocycles. The highest BCUT2D eigenvalue weighted by molar-refractivity contribution is 7.99. The van der Waals surface area contributed by atoms with Crippen LogP contribution in [-0.4, -0.2) is 31.4 Å². The van der Waals surface area contributed by atoms with Crippen molar-refractivity contribution in [2.24, 2.45) is 0 Å². The van der Waals surface area contributed by atoms with E-state index in [1.807, 2.05) is 6.26 Å². The molecule has 0 saturated carbocycles. The average Bonchev–Trinajstić information content (AvgIpc) is 2.95. The molecule has 0 fully saturated rings. The summed E-state index contributed by atoms with van der Waals surface area (Å²) in [5.41, 5.74) is 0.630. The minimum Gasteiger partial charge on any atom is -0.258 e. The quantitative estimate of drug-likeness (QED) is 0.435. The zero-order valence-corrected chi connectivity index (χ0v) is 13.6. The summed E-state index contributed by atoms with van der Waals surface area (Å²) in [6.45, 7) is 0. The minimum atomic E-state index is -0.324. The van der Waals surface area contributed by atoms with E-state index in [2.05, 4.69) is 25.1 Å². The molecule has 3 aromatic rings. The van der Waals surface area contributed by atoms with Crippen molar-refractivity contribution >= 4 is 35.1 Å². The summed E-state index contributed by atoms with van der Waals surface area (Å²) in [6, 6.07) is 7.79. The molecule has 0 bridgehead atoms. The van der Waals surface area contributed by atoms with Crippen LogP contribution in [0.4, 0.5) is 4.39 Å². The predicted molar refractivity (Wildman–Crippen MR) is 84.7 cm³/mol. The molecule has 0 atom stereocenters. The van der Waals surface area contributed by atoms with Gasteiger partial charge in [0.2, 0.25) is 5.16 Å². The predicted octanol–water partition coefficient (Wildman–Crippen LogP) is 3.93. The number of aromatic nitrogens is 5. The van der Waals surface area contributed by atoms with Gasteiger partial charge in [0.15, 0.2) is 11.0 Å². The highest BCUT2D eigenvalue weighted by atomic mass is 35.5. The second kappa shape index (κ2) is 6.64. The maximum Gasteiger partial charge on any atom is 0.215 e. The zero-order valence-electron chi connectivity index (χ0n) is 11.2. The Labute approximate surface area is 139 Å². The molecule has 5 nitrogen and oxygen atoms in total. The van der Waals surface area contributed by atoms with E-state index in [0.29, 0.717) is 31.9 Å². The monoisotopic (exact) mass is 353 g/mol. The van der Waals surface area contributed by atoms with Crippen LogP contribution in [0.15, 0.2) is 45.7 Å². The first-order valence-corrected chi connectivity index (χ1v) is 8.51. The van der Waals surface area contributed by atoms with E-state index in [1.54, 1.807) is 18.2 Å². The molecule has 2 heterocycles. The Hall–Kier alpha value is -1.64. The molecule has 0 unspecified atom stereocenters. The molecule has 112 valence electrons. The van der Waals surface area contributed by atoms with Crippen LogP contribution in [0.3, 0.4) is 0 Å². The van der Waals surface area contributed by atoms with E-state index in [1.165, 1.54) is 35.7 Å². The van der Waals surface area contributed by atoms with E-state index >= 15 is 0 Å². The zero-order chi connectivity index (χ0) is 15.5. The molecule has 0 spiro atoms. The standard InChI is InChI=1S/C13H9ClFN5S2/c1-21-12-16-9(14)6-10(17-12)22-13-18-11(19-20-13)7-3-2-4-8(15)5-7/h2-6H,1H3,(H,18,19,20). The van der Waals surface area contributed by atoms with Gasteiger partial charge in [-0.1, -0.05) is 35.5 Å². The molecule has 9 heteroatoms. The third kappa shape index (κ3) is 3.57. The molecule has 1 aromatic carbocycles. The van der Waals surface area contributed by atoms with Gasteiger partial charge in [-0.25, -0.2) is 19.3 Å². The van der Waals surface area contributed by atoms with Crippen LogP contribution in [0.25, 0.3) is 11.4 Å². The molecule has 0 saturated heterocycles. The molecule has 0 radical (unpaired) electrons. The van der Waals surface area contributed by atoms with E-state index in [0.717, 1.165) is 0 Å². The summed E-state index contributed by atoms with van der Waals surface area (Å²) in [5, 5.41) is 8.94. The van der Waals surface area contributed by atoms with E-state index < -0.39 is 0 Å². The van der Waals surface area contributed by atoms with Crippen molar-refractivity contribution in [2.45, 2.75) is 15.3 Å². The van der Waals surface area contributed by atoms with Gasteiger partial charge in [-0.3, -0.25) is 5.10 Å². The Bertz CT molecular complexity index is 811. The van der Waals surface area contributed by atoms with Gasteiger partial charge in [0.25, 0.3) is 0 Å². The van der Waals surface area contributed by atoms with Crippen molar-refractivity contribution in [3.05, 3.63) is 41.3 Å². The average molecular weight is 354 g/mol. The van der Waals surface area contributed by atoms with Gasteiger partial charge in [-0.05, 0) is 30.2 Å². The van der Waals surface area contributed by atoms with Gasteiger partial charge in [0.1, 0.15) is 16.0 Å². The van der Waals surface area contributed by atoms with Gasteiger partial charge in [-0.2, -0.15) is 0 Å². The Morgan fingerprint density at radius 3 is 2.77 bits per heavy atom. The van der Waals surface area contributed by atoms with Gasteiger partial charge in [0.05, 0.1) is 0 Å². The number of rotatable bonds is 4. The highest BCUT2D eigenvalue weighted by Crippen LogP contribution is 2.27. The van der Waals surface area contributed by atoms with Crippen molar-refractivity contribution in [1.82, 2.24) is 25.1 Å². The first-order chi connectivity index (χ1) is 10.6. The van der Waals surface area contributed by atoms with Crippen molar-refractivity contribution < 1.29 is 4.39 Å². The lowest BCUT2D eigenvalue weighted by Gasteiger charge is -2.00. The highest BCUT2D eigenvalue weighted by Gasteiger charge is 2.10. The summed E-state index contributed by atoms with van der Waals surface area (Å²) in [6.07, 6.45) is 1.87. The fraction of sp³-hybridized carbons (Fsp3) is 0.0769. The van der Waals surface area contributed by atoms with Gasteiger partial charge < -0.3 is 0 Å². The molecule has 0 aliphatic rings. The van der Waals surface area contributed by atoms with Crippen molar-refractivity contribution in [3.8, 4) is 11.4 Å². The Balaban J connectivity index is 1.84. The second-order valence-electron chi connectivity index (χ2n) is 4.09. The lowest BCUT2D eigenvalue weighted by Crippen LogP contribution is -1.89.